The summed E-state index contributed by atoms with van der Waals surface area (Å²) in [5.74, 6) is -0.0967. The van der Waals surface area contributed by atoms with Crippen molar-refractivity contribution in [2.24, 2.45) is 20.0 Å². The molecule has 0 radical (unpaired) electrons. The summed E-state index contributed by atoms with van der Waals surface area (Å²) in [7, 11) is 3.97. The third-order valence-electron chi connectivity index (χ3n) is 11.3. The number of carbonyl (C=O) groups excluding carboxylic acids is 3. The Bertz CT molecular complexity index is 2250. The fourth-order valence-corrected chi connectivity index (χ4v) is 7.57. The zero-order chi connectivity index (χ0) is 48.9. The van der Waals surface area contributed by atoms with Crippen molar-refractivity contribution in [3.8, 4) is 0 Å². The molecule has 2 aromatic heterocycles. The third-order valence-corrected chi connectivity index (χ3v) is 11.3. The molecule has 0 N–H and O–H groups in total. The van der Waals surface area contributed by atoms with Crippen LogP contribution in [0.5, 0.6) is 0 Å². The number of hydrogen-bond acceptors (Lipinski definition) is 5. The lowest BCUT2D eigenvalue weighted by molar-refractivity contribution is -0.119. The molecule has 2 aliphatic carbocycles. The van der Waals surface area contributed by atoms with Crippen molar-refractivity contribution in [1.29, 1.82) is 0 Å². The van der Waals surface area contributed by atoms with E-state index in [0.717, 1.165) is 73.8 Å². The number of aromatic nitrogens is 4. The van der Waals surface area contributed by atoms with Crippen LogP contribution in [0, 0.1) is 33.6 Å². The van der Waals surface area contributed by atoms with Crippen LogP contribution in [0.2, 0.25) is 0 Å². The molecule has 1 atom stereocenters. The second-order valence-corrected chi connectivity index (χ2v) is 15.3. The number of aryl methyl sites for hydroxylation is 11. The fourth-order valence-electron chi connectivity index (χ4n) is 7.57. The molecule has 360 valence electrons. The van der Waals surface area contributed by atoms with Gasteiger partial charge < -0.3 is 0 Å². The molecule has 2 heterocycles. The molecule has 0 saturated heterocycles. The third kappa shape index (κ3) is 19.0. The summed E-state index contributed by atoms with van der Waals surface area (Å²) in [6, 6.07) is 32.6. The summed E-state index contributed by atoms with van der Waals surface area (Å²) in [6.07, 6.45) is 12.8. The van der Waals surface area contributed by atoms with Crippen LogP contribution in [0.25, 0.3) is 0 Å². The van der Waals surface area contributed by atoms with Gasteiger partial charge in [0.2, 0.25) is 0 Å². The van der Waals surface area contributed by atoms with Crippen LogP contribution in [0.15, 0.2) is 109 Å². The van der Waals surface area contributed by atoms with E-state index in [2.05, 4.69) is 92.6 Å². The van der Waals surface area contributed by atoms with Crippen LogP contribution in [0.4, 0.5) is 0 Å². The fraction of sp³-hybridized carbons (Fsp3) is 0.441. The lowest BCUT2D eigenvalue weighted by Crippen LogP contribution is -2.27. The normalized spacial score (nSPS) is 12.6. The maximum Gasteiger partial charge on any atom is 0.173 e. The minimum absolute atomic E-state index is 0. The van der Waals surface area contributed by atoms with Crippen molar-refractivity contribution in [2.45, 2.75) is 155 Å². The SMILES string of the molecule is C.CC.CC.CC.CC.CC(=O)C1CCc2ccccc2C1=O.Cc1ccccc1CCc1cn(C)nc1C.Cc1ccccc1CCc1cnn(C)c1C.O=C1CCCc2ccccc21. The van der Waals surface area contributed by atoms with E-state index in [0.29, 0.717) is 12.2 Å². The van der Waals surface area contributed by atoms with E-state index in [4.69, 9.17) is 0 Å². The highest BCUT2D eigenvalue weighted by Gasteiger charge is 2.29. The molecule has 2 aliphatic rings. The highest BCUT2D eigenvalue weighted by molar-refractivity contribution is 6.11. The molecule has 8 rings (SSSR count). The molecule has 4 aromatic carbocycles. The van der Waals surface area contributed by atoms with E-state index in [-0.39, 0.29) is 19.0 Å². The average molecular weight is 899 g/mol. The summed E-state index contributed by atoms with van der Waals surface area (Å²) < 4.78 is 3.83. The minimum atomic E-state index is -0.398. The van der Waals surface area contributed by atoms with Gasteiger partial charge in [0.05, 0.1) is 17.8 Å². The number of fused-ring (bicyclic) bond motifs is 2. The number of ketones is 3. The smallest absolute Gasteiger partial charge is 0.173 e. The van der Waals surface area contributed by atoms with Gasteiger partial charge in [-0.3, -0.25) is 23.7 Å². The van der Waals surface area contributed by atoms with Crippen LogP contribution in [-0.2, 0) is 57.4 Å². The number of Topliss-reactive ketones (excluding diaryl/α,β-unsaturated/α-hetero) is 3. The quantitative estimate of drug-likeness (QED) is 0.149. The average Bonchev–Trinajstić information content (AvgIpc) is 3.85. The van der Waals surface area contributed by atoms with Crippen LogP contribution in [-0.4, -0.2) is 36.9 Å². The first kappa shape index (κ1) is 60.3. The Kier molecular flexibility index (Phi) is 30.8. The molecule has 0 bridgehead atoms. The Morgan fingerprint density at radius 1 is 0.591 bits per heavy atom. The molecule has 0 amide bonds. The molecule has 0 aliphatic heterocycles. The first-order chi connectivity index (χ1) is 31.4. The van der Waals surface area contributed by atoms with Crippen molar-refractivity contribution in [1.82, 2.24) is 19.6 Å². The molecule has 66 heavy (non-hydrogen) atoms. The molecule has 0 fully saturated rings. The minimum Gasteiger partial charge on any atom is -0.299 e. The predicted octanol–water partition coefficient (Wildman–Crippen LogP) is 14.6. The second kappa shape index (κ2) is 33.7. The highest BCUT2D eigenvalue weighted by Crippen LogP contribution is 2.26. The maximum atomic E-state index is 11.8. The van der Waals surface area contributed by atoms with Crippen LogP contribution in [0.3, 0.4) is 0 Å². The summed E-state index contributed by atoms with van der Waals surface area (Å²) in [5.41, 5.74) is 14.7. The highest BCUT2D eigenvalue weighted by atomic mass is 16.2. The Morgan fingerprint density at radius 2 is 1.05 bits per heavy atom. The molecular formula is C59H86N4O3. The standard InChI is InChI=1S/2C14H18N2.C12H12O2.C10H10O.4C2H6.CH4/c1-11-6-4-5-7-13(11)8-9-14-10-16(3)15-12(14)2;1-11-6-4-5-7-13(11)8-9-14-10-15-16(3)12(14)2;1-8(13)10-7-6-9-4-2-3-5-11(9)12(10)14;11-10-7-3-5-8-4-1-2-6-9(8)10;4*1-2;/h2*4-7,10H,8-9H2,1-3H3;2-5,10H,6-7H2,1H3;1-2,4,6H,3,5,7H2;4*1-2H3;1H4. The Hall–Kier alpha value is -5.69. The van der Waals surface area contributed by atoms with Gasteiger partial charge in [-0.1, -0.05) is 160 Å². The first-order valence-corrected chi connectivity index (χ1v) is 24.2. The van der Waals surface area contributed by atoms with E-state index < -0.39 is 5.92 Å². The lowest BCUT2D eigenvalue weighted by Gasteiger charge is -2.20. The number of nitrogens with zero attached hydrogens (tertiary/aromatic N) is 4. The van der Waals surface area contributed by atoms with Gasteiger partial charge in [0.15, 0.2) is 11.6 Å². The summed E-state index contributed by atoms with van der Waals surface area (Å²) >= 11 is 0. The zero-order valence-electron chi connectivity index (χ0n) is 42.8. The van der Waals surface area contributed by atoms with Gasteiger partial charge in [-0.2, -0.15) is 10.2 Å². The predicted molar refractivity (Wildman–Crippen MR) is 282 cm³/mol. The first-order valence-electron chi connectivity index (χ1n) is 24.2. The monoisotopic (exact) mass is 899 g/mol. The van der Waals surface area contributed by atoms with Crippen molar-refractivity contribution in [2.75, 3.05) is 0 Å². The van der Waals surface area contributed by atoms with Gasteiger partial charge in [0.25, 0.3) is 0 Å². The van der Waals surface area contributed by atoms with E-state index in [1.165, 1.54) is 51.6 Å². The molecule has 7 nitrogen and oxygen atoms in total. The zero-order valence-corrected chi connectivity index (χ0v) is 42.8. The van der Waals surface area contributed by atoms with Crippen LogP contribution in [0.1, 0.15) is 166 Å². The van der Waals surface area contributed by atoms with E-state index in [1.54, 1.807) is 0 Å². The molecule has 0 saturated carbocycles. The second-order valence-electron chi connectivity index (χ2n) is 15.3. The number of carbonyl (C=O) groups is 3. The summed E-state index contributed by atoms with van der Waals surface area (Å²) in [4.78, 5) is 34.3. The van der Waals surface area contributed by atoms with Crippen molar-refractivity contribution in [3.63, 3.8) is 0 Å². The van der Waals surface area contributed by atoms with E-state index >= 15 is 0 Å². The largest absolute Gasteiger partial charge is 0.299 e. The molecular weight excluding hydrogens is 813 g/mol. The number of benzene rings is 4. The van der Waals surface area contributed by atoms with Crippen molar-refractivity contribution < 1.29 is 14.4 Å². The molecule has 1 unspecified atom stereocenters. The van der Waals surface area contributed by atoms with E-state index in [9.17, 15) is 14.4 Å². The van der Waals surface area contributed by atoms with Crippen molar-refractivity contribution >= 4 is 17.3 Å². The summed E-state index contributed by atoms with van der Waals surface area (Å²) in [6.45, 7) is 26.0. The van der Waals surface area contributed by atoms with Gasteiger partial charge in [0.1, 0.15) is 5.78 Å². The van der Waals surface area contributed by atoms with Gasteiger partial charge in [-0.25, -0.2) is 0 Å². The molecule has 7 heteroatoms. The van der Waals surface area contributed by atoms with Gasteiger partial charge in [0, 0.05) is 43.5 Å². The van der Waals surface area contributed by atoms with Gasteiger partial charge in [-0.05, 0) is 130 Å². The van der Waals surface area contributed by atoms with Crippen LogP contribution < -0.4 is 0 Å². The summed E-state index contributed by atoms with van der Waals surface area (Å²) in [5, 5.41) is 8.63. The topological polar surface area (TPSA) is 86.8 Å². The number of hydrogen-bond donors (Lipinski definition) is 0. The lowest BCUT2D eigenvalue weighted by atomic mass is 9.81. The van der Waals surface area contributed by atoms with Gasteiger partial charge in [-0.15, -0.1) is 0 Å². The Balaban J connectivity index is 0.000000812. The van der Waals surface area contributed by atoms with Crippen LogP contribution >= 0.6 is 0 Å². The molecule has 6 aromatic rings. The maximum absolute atomic E-state index is 11.8. The Labute approximate surface area is 401 Å². The molecule has 0 spiro atoms. The van der Waals surface area contributed by atoms with Gasteiger partial charge >= 0.3 is 0 Å². The Morgan fingerprint density at radius 3 is 1.50 bits per heavy atom. The van der Waals surface area contributed by atoms with E-state index in [1.807, 2.05) is 134 Å². The van der Waals surface area contributed by atoms with Crippen molar-refractivity contribution in [3.05, 3.63) is 176 Å². The number of rotatable bonds is 7.